The first-order valence-electron chi connectivity index (χ1n) is 5.18. The second-order valence-electron chi connectivity index (χ2n) is 3.85. The number of hydrogen-bond acceptors (Lipinski definition) is 5. The third kappa shape index (κ3) is 1.99. The van der Waals surface area contributed by atoms with Crippen molar-refractivity contribution in [3.63, 3.8) is 0 Å². The molecule has 1 heterocycles. The normalized spacial score (nSPS) is 23.9. The Hall–Kier alpha value is -1.59. The molecule has 2 unspecified atom stereocenters. The van der Waals surface area contributed by atoms with Crippen molar-refractivity contribution >= 4 is 5.97 Å². The largest absolute Gasteiger partial charge is 0.497 e. The maximum absolute atomic E-state index is 11.5. The highest BCUT2D eigenvalue weighted by molar-refractivity contribution is 5.83. The zero-order chi connectivity index (χ0) is 12.5. The maximum atomic E-state index is 11.5. The summed E-state index contributed by atoms with van der Waals surface area (Å²) in [6, 6.07) is 6.81. The minimum atomic E-state index is -1.23. The lowest BCUT2D eigenvalue weighted by Crippen LogP contribution is -2.33. The molecular formula is C12H14O5. The Morgan fingerprint density at radius 1 is 1.41 bits per heavy atom. The average Bonchev–Trinajstić information content (AvgIpc) is 3.18. The second kappa shape index (κ2) is 4.35. The highest BCUT2D eigenvalue weighted by Crippen LogP contribution is 2.41. The standard InChI is InChI=1S/C12H14O5/c1-15-9-5-3-8(4-6-9)10(13)12(7-17-12)11(14)16-2/h3-6,10,13H,7H2,1-2H3. The van der Waals surface area contributed by atoms with Crippen molar-refractivity contribution in [2.24, 2.45) is 0 Å². The van der Waals surface area contributed by atoms with E-state index in [1.807, 2.05) is 0 Å². The predicted molar refractivity (Wildman–Crippen MR) is 58.7 cm³/mol. The molecule has 1 N–H and O–H groups in total. The van der Waals surface area contributed by atoms with E-state index in [1.54, 1.807) is 31.4 Å². The van der Waals surface area contributed by atoms with Crippen molar-refractivity contribution in [2.45, 2.75) is 11.7 Å². The monoisotopic (exact) mass is 238 g/mol. The van der Waals surface area contributed by atoms with Gasteiger partial charge in [-0.15, -0.1) is 0 Å². The molecule has 2 atom stereocenters. The smallest absolute Gasteiger partial charge is 0.343 e. The van der Waals surface area contributed by atoms with Gasteiger partial charge in [0.15, 0.2) is 0 Å². The van der Waals surface area contributed by atoms with Crippen LogP contribution < -0.4 is 4.74 Å². The Balaban J connectivity index is 2.19. The van der Waals surface area contributed by atoms with E-state index in [0.717, 1.165) is 0 Å². The summed E-state index contributed by atoms with van der Waals surface area (Å²) < 4.78 is 14.7. The van der Waals surface area contributed by atoms with Gasteiger partial charge in [0.2, 0.25) is 5.60 Å². The number of ether oxygens (including phenoxy) is 3. The molecule has 1 fully saturated rings. The van der Waals surface area contributed by atoms with Gasteiger partial charge in [-0.1, -0.05) is 12.1 Å². The van der Waals surface area contributed by atoms with Crippen molar-refractivity contribution in [1.82, 2.24) is 0 Å². The summed E-state index contributed by atoms with van der Waals surface area (Å²) in [5.74, 6) is 0.130. The van der Waals surface area contributed by atoms with Crippen LogP contribution in [0.3, 0.4) is 0 Å². The third-order valence-electron chi connectivity index (χ3n) is 2.86. The van der Waals surface area contributed by atoms with Crippen LogP contribution in [0.2, 0.25) is 0 Å². The molecule has 17 heavy (non-hydrogen) atoms. The van der Waals surface area contributed by atoms with E-state index in [9.17, 15) is 9.90 Å². The van der Waals surface area contributed by atoms with Gasteiger partial charge in [0, 0.05) is 0 Å². The van der Waals surface area contributed by atoms with Crippen LogP contribution in [0, 0.1) is 0 Å². The number of esters is 1. The fourth-order valence-corrected chi connectivity index (χ4v) is 1.69. The lowest BCUT2D eigenvalue weighted by molar-refractivity contribution is -0.151. The van der Waals surface area contributed by atoms with Crippen LogP contribution in [0.1, 0.15) is 11.7 Å². The molecule has 0 amide bonds. The number of aliphatic hydroxyl groups excluding tert-OH is 1. The van der Waals surface area contributed by atoms with Crippen molar-refractivity contribution in [3.05, 3.63) is 29.8 Å². The molecule has 0 saturated carbocycles. The number of epoxide rings is 1. The van der Waals surface area contributed by atoms with E-state index in [-0.39, 0.29) is 6.61 Å². The molecule has 5 heteroatoms. The minimum Gasteiger partial charge on any atom is -0.497 e. The molecule has 0 bridgehead atoms. The molecule has 1 aliphatic heterocycles. The van der Waals surface area contributed by atoms with Gasteiger partial charge in [0.1, 0.15) is 11.9 Å². The fourth-order valence-electron chi connectivity index (χ4n) is 1.69. The van der Waals surface area contributed by atoms with Crippen LogP contribution in [-0.4, -0.2) is 37.5 Å². The molecule has 1 aromatic rings. The molecule has 1 aromatic carbocycles. The SMILES string of the molecule is COC(=O)C1(C(O)c2ccc(OC)cc2)CO1. The van der Waals surface area contributed by atoms with Crippen LogP contribution in [-0.2, 0) is 14.3 Å². The minimum absolute atomic E-state index is 0.173. The Kier molecular flexibility index (Phi) is 3.04. The van der Waals surface area contributed by atoms with E-state index in [1.165, 1.54) is 7.11 Å². The van der Waals surface area contributed by atoms with Crippen LogP contribution in [0.15, 0.2) is 24.3 Å². The fraction of sp³-hybridized carbons (Fsp3) is 0.417. The lowest BCUT2D eigenvalue weighted by Gasteiger charge is -2.17. The molecule has 5 nitrogen and oxygen atoms in total. The van der Waals surface area contributed by atoms with Crippen molar-refractivity contribution in [1.29, 1.82) is 0 Å². The molecule has 2 rings (SSSR count). The highest BCUT2D eigenvalue weighted by atomic mass is 16.7. The van der Waals surface area contributed by atoms with Crippen LogP contribution >= 0.6 is 0 Å². The first-order chi connectivity index (χ1) is 8.14. The molecule has 92 valence electrons. The predicted octanol–water partition coefficient (Wildman–Crippen LogP) is 0.671. The van der Waals surface area contributed by atoms with Crippen LogP contribution in [0.4, 0.5) is 0 Å². The number of aliphatic hydroxyl groups is 1. The van der Waals surface area contributed by atoms with Crippen LogP contribution in [0.25, 0.3) is 0 Å². The summed E-state index contributed by atoms with van der Waals surface area (Å²) in [5, 5.41) is 10.1. The number of carbonyl (C=O) groups is 1. The molecule has 0 radical (unpaired) electrons. The van der Waals surface area contributed by atoms with Gasteiger partial charge in [-0.05, 0) is 17.7 Å². The van der Waals surface area contributed by atoms with E-state index in [0.29, 0.717) is 11.3 Å². The van der Waals surface area contributed by atoms with Crippen molar-refractivity contribution in [3.8, 4) is 5.75 Å². The van der Waals surface area contributed by atoms with E-state index in [2.05, 4.69) is 4.74 Å². The van der Waals surface area contributed by atoms with Gasteiger partial charge in [-0.3, -0.25) is 0 Å². The lowest BCUT2D eigenvalue weighted by atomic mass is 9.96. The average molecular weight is 238 g/mol. The van der Waals surface area contributed by atoms with E-state index < -0.39 is 17.7 Å². The summed E-state index contributed by atoms with van der Waals surface area (Å²) in [6.45, 7) is 0.173. The van der Waals surface area contributed by atoms with Crippen LogP contribution in [0.5, 0.6) is 5.75 Å². The second-order valence-corrected chi connectivity index (χ2v) is 3.85. The Bertz CT molecular complexity index is 407. The number of benzene rings is 1. The summed E-state index contributed by atoms with van der Waals surface area (Å²) in [7, 11) is 2.83. The first kappa shape index (κ1) is 11.9. The molecule has 0 spiro atoms. The van der Waals surface area contributed by atoms with E-state index >= 15 is 0 Å². The van der Waals surface area contributed by atoms with E-state index in [4.69, 9.17) is 9.47 Å². The Labute approximate surface area is 98.9 Å². The van der Waals surface area contributed by atoms with Gasteiger partial charge < -0.3 is 19.3 Å². The van der Waals surface area contributed by atoms with Crippen molar-refractivity contribution < 1.29 is 24.1 Å². The first-order valence-corrected chi connectivity index (χ1v) is 5.18. The van der Waals surface area contributed by atoms with Crippen molar-refractivity contribution in [2.75, 3.05) is 20.8 Å². The van der Waals surface area contributed by atoms with Gasteiger partial charge >= 0.3 is 5.97 Å². The number of hydrogen-bond donors (Lipinski definition) is 1. The molecule has 0 aromatic heterocycles. The van der Waals surface area contributed by atoms with Gasteiger partial charge in [0.25, 0.3) is 0 Å². The third-order valence-corrected chi connectivity index (χ3v) is 2.86. The summed E-state index contributed by atoms with van der Waals surface area (Å²) in [5.41, 5.74) is -0.641. The molecule has 1 saturated heterocycles. The van der Waals surface area contributed by atoms with Gasteiger partial charge in [-0.25, -0.2) is 4.79 Å². The summed E-state index contributed by atoms with van der Waals surface area (Å²) in [6.07, 6.45) is -1.03. The highest BCUT2D eigenvalue weighted by Gasteiger charge is 2.59. The van der Waals surface area contributed by atoms with Gasteiger partial charge in [0.05, 0.1) is 20.8 Å². The topological polar surface area (TPSA) is 68.3 Å². The summed E-state index contributed by atoms with van der Waals surface area (Å²) in [4.78, 5) is 11.5. The Morgan fingerprint density at radius 2 is 2.00 bits per heavy atom. The zero-order valence-electron chi connectivity index (χ0n) is 9.67. The molecule has 1 aliphatic rings. The van der Waals surface area contributed by atoms with Gasteiger partial charge in [-0.2, -0.15) is 0 Å². The molecule has 0 aliphatic carbocycles. The quantitative estimate of drug-likeness (QED) is 0.616. The maximum Gasteiger partial charge on any atom is 0.343 e. The molecular weight excluding hydrogens is 224 g/mol. The Morgan fingerprint density at radius 3 is 2.41 bits per heavy atom. The summed E-state index contributed by atoms with van der Waals surface area (Å²) >= 11 is 0. The number of carbonyl (C=O) groups excluding carboxylic acids is 1. The number of rotatable bonds is 4. The zero-order valence-corrected chi connectivity index (χ0v) is 9.67. The number of methoxy groups -OCH3 is 2.